The van der Waals surface area contributed by atoms with Crippen LogP contribution in [0, 0.1) is 5.92 Å². The van der Waals surface area contributed by atoms with Gasteiger partial charge in [-0.3, -0.25) is 0 Å². The zero-order valence-electron chi connectivity index (χ0n) is 9.45. The fourth-order valence-electron chi connectivity index (χ4n) is 1.37. The SMILES string of the molecule is CCC(C)CNCc1cncn1CC. The molecule has 1 aromatic heterocycles. The van der Waals surface area contributed by atoms with Gasteiger partial charge in [-0.1, -0.05) is 20.3 Å². The van der Waals surface area contributed by atoms with Crippen molar-refractivity contribution >= 4 is 0 Å². The first kappa shape index (κ1) is 11.2. The topological polar surface area (TPSA) is 29.9 Å². The van der Waals surface area contributed by atoms with Gasteiger partial charge in [0, 0.05) is 19.3 Å². The summed E-state index contributed by atoms with van der Waals surface area (Å²) in [5.41, 5.74) is 1.27. The smallest absolute Gasteiger partial charge is 0.0948 e. The number of hydrogen-bond donors (Lipinski definition) is 1. The molecule has 14 heavy (non-hydrogen) atoms. The average Bonchev–Trinajstić information content (AvgIpc) is 2.65. The summed E-state index contributed by atoms with van der Waals surface area (Å²) < 4.78 is 2.17. The van der Waals surface area contributed by atoms with Crippen LogP contribution in [0.2, 0.25) is 0 Å². The number of imidazole rings is 1. The molecule has 0 saturated heterocycles. The van der Waals surface area contributed by atoms with Gasteiger partial charge in [0.2, 0.25) is 0 Å². The molecule has 1 aromatic rings. The largest absolute Gasteiger partial charge is 0.334 e. The third kappa shape index (κ3) is 3.14. The highest BCUT2D eigenvalue weighted by molar-refractivity contribution is 4.97. The maximum absolute atomic E-state index is 4.13. The Labute approximate surface area is 86.5 Å². The molecule has 1 unspecified atom stereocenters. The zero-order valence-corrected chi connectivity index (χ0v) is 9.45. The van der Waals surface area contributed by atoms with E-state index in [9.17, 15) is 0 Å². The van der Waals surface area contributed by atoms with Gasteiger partial charge in [-0.2, -0.15) is 0 Å². The van der Waals surface area contributed by atoms with Crippen molar-refractivity contribution in [1.82, 2.24) is 14.9 Å². The molecule has 1 heterocycles. The van der Waals surface area contributed by atoms with E-state index in [1.54, 1.807) is 0 Å². The Morgan fingerprint density at radius 3 is 2.93 bits per heavy atom. The van der Waals surface area contributed by atoms with Gasteiger partial charge in [0.1, 0.15) is 0 Å². The number of nitrogens with one attached hydrogen (secondary N) is 1. The quantitative estimate of drug-likeness (QED) is 0.752. The van der Waals surface area contributed by atoms with Crippen molar-refractivity contribution in [1.29, 1.82) is 0 Å². The average molecular weight is 195 g/mol. The van der Waals surface area contributed by atoms with Crippen molar-refractivity contribution in [3.05, 3.63) is 18.2 Å². The minimum atomic E-state index is 0.757. The summed E-state index contributed by atoms with van der Waals surface area (Å²) in [5, 5.41) is 3.45. The van der Waals surface area contributed by atoms with Gasteiger partial charge in [0.05, 0.1) is 12.0 Å². The summed E-state index contributed by atoms with van der Waals surface area (Å²) in [6, 6.07) is 0. The molecule has 3 nitrogen and oxygen atoms in total. The first-order valence-electron chi connectivity index (χ1n) is 5.47. The third-order valence-corrected chi connectivity index (χ3v) is 2.64. The molecule has 0 saturated carbocycles. The van der Waals surface area contributed by atoms with Gasteiger partial charge in [-0.15, -0.1) is 0 Å². The van der Waals surface area contributed by atoms with Crippen molar-refractivity contribution in [2.24, 2.45) is 5.92 Å². The Morgan fingerprint density at radius 1 is 1.50 bits per heavy atom. The van der Waals surface area contributed by atoms with E-state index < -0.39 is 0 Å². The van der Waals surface area contributed by atoms with Gasteiger partial charge in [0.25, 0.3) is 0 Å². The highest BCUT2D eigenvalue weighted by Gasteiger charge is 2.01. The lowest BCUT2D eigenvalue weighted by atomic mass is 10.1. The zero-order chi connectivity index (χ0) is 10.4. The molecule has 0 aliphatic carbocycles. The maximum Gasteiger partial charge on any atom is 0.0948 e. The molecule has 80 valence electrons. The second-order valence-electron chi connectivity index (χ2n) is 3.82. The van der Waals surface area contributed by atoms with Gasteiger partial charge in [-0.25, -0.2) is 4.98 Å². The van der Waals surface area contributed by atoms with Crippen LogP contribution in [0.4, 0.5) is 0 Å². The maximum atomic E-state index is 4.13. The lowest BCUT2D eigenvalue weighted by Gasteiger charge is -2.10. The van der Waals surface area contributed by atoms with Crippen molar-refractivity contribution in [3.8, 4) is 0 Å². The van der Waals surface area contributed by atoms with E-state index in [0.29, 0.717) is 0 Å². The van der Waals surface area contributed by atoms with Crippen molar-refractivity contribution in [2.75, 3.05) is 6.54 Å². The Morgan fingerprint density at radius 2 is 2.29 bits per heavy atom. The minimum Gasteiger partial charge on any atom is -0.334 e. The second-order valence-corrected chi connectivity index (χ2v) is 3.82. The Hall–Kier alpha value is -0.830. The molecule has 0 bridgehead atoms. The molecule has 1 atom stereocenters. The van der Waals surface area contributed by atoms with Crippen LogP contribution in [-0.4, -0.2) is 16.1 Å². The summed E-state index contributed by atoms with van der Waals surface area (Å²) in [7, 11) is 0. The number of aryl methyl sites for hydroxylation is 1. The van der Waals surface area contributed by atoms with Crippen LogP contribution in [0.5, 0.6) is 0 Å². The monoisotopic (exact) mass is 195 g/mol. The van der Waals surface area contributed by atoms with Gasteiger partial charge in [0.15, 0.2) is 0 Å². The van der Waals surface area contributed by atoms with Crippen LogP contribution in [0.1, 0.15) is 32.9 Å². The first-order chi connectivity index (χ1) is 6.77. The normalized spacial score (nSPS) is 13.1. The van der Waals surface area contributed by atoms with E-state index in [4.69, 9.17) is 0 Å². The van der Waals surface area contributed by atoms with Gasteiger partial charge in [-0.05, 0) is 19.4 Å². The molecular formula is C11H21N3. The van der Waals surface area contributed by atoms with Gasteiger partial charge >= 0.3 is 0 Å². The highest BCUT2D eigenvalue weighted by atomic mass is 15.1. The van der Waals surface area contributed by atoms with E-state index in [2.05, 4.69) is 35.6 Å². The first-order valence-corrected chi connectivity index (χ1v) is 5.47. The summed E-state index contributed by atoms with van der Waals surface area (Å²) in [5.74, 6) is 0.757. The molecule has 1 rings (SSSR count). The fraction of sp³-hybridized carbons (Fsp3) is 0.727. The summed E-state index contributed by atoms with van der Waals surface area (Å²) in [6.45, 7) is 9.65. The Balaban J connectivity index is 2.31. The van der Waals surface area contributed by atoms with Crippen LogP contribution >= 0.6 is 0 Å². The Bertz CT molecular complexity index is 255. The summed E-state index contributed by atoms with van der Waals surface area (Å²) >= 11 is 0. The van der Waals surface area contributed by atoms with Crippen LogP contribution < -0.4 is 5.32 Å². The molecule has 0 aliphatic rings. The van der Waals surface area contributed by atoms with E-state index in [0.717, 1.165) is 25.6 Å². The fourth-order valence-corrected chi connectivity index (χ4v) is 1.37. The number of nitrogens with zero attached hydrogens (tertiary/aromatic N) is 2. The standard InChI is InChI=1S/C11H21N3/c1-4-10(3)6-12-7-11-8-13-9-14(11)5-2/h8-10,12H,4-7H2,1-3H3. The molecule has 0 aromatic carbocycles. The van der Waals surface area contributed by atoms with Crippen molar-refractivity contribution in [2.45, 2.75) is 40.3 Å². The minimum absolute atomic E-state index is 0.757. The predicted molar refractivity (Wildman–Crippen MR) is 59.1 cm³/mol. The van der Waals surface area contributed by atoms with E-state index in [-0.39, 0.29) is 0 Å². The lowest BCUT2D eigenvalue weighted by Crippen LogP contribution is -2.21. The van der Waals surface area contributed by atoms with Gasteiger partial charge < -0.3 is 9.88 Å². The van der Waals surface area contributed by atoms with Crippen LogP contribution in [0.3, 0.4) is 0 Å². The van der Waals surface area contributed by atoms with E-state index >= 15 is 0 Å². The van der Waals surface area contributed by atoms with Crippen molar-refractivity contribution in [3.63, 3.8) is 0 Å². The number of aromatic nitrogens is 2. The summed E-state index contributed by atoms with van der Waals surface area (Å²) in [4.78, 5) is 4.13. The Kier molecular flexibility index (Phi) is 4.66. The molecule has 0 spiro atoms. The molecular weight excluding hydrogens is 174 g/mol. The number of hydrogen-bond acceptors (Lipinski definition) is 2. The summed E-state index contributed by atoms with van der Waals surface area (Å²) in [6.07, 6.45) is 5.06. The molecule has 0 radical (unpaired) electrons. The van der Waals surface area contributed by atoms with E-state index in [1.165, 1.54) is 12.1 Å². The highest BCUT2D eigenvalue weighted by Crippen LogP contribution is 2.01. The lowest BCUT2D eigenvalue weighted by molar-refractivity contribution is 0.492. The van der Waals surface area contributed by atoms with Crippen LogP contribution in [-0.2, 0) is 13.1 Å². The van der Waals surface area contributed by atoms with E-state index in [1.807, 2.05) is 12.5 Å². The third-order valence-electron chi connectivity index (χ3n) is 2.64. The molecule has 0 fully saturated rings. The number of rotatable bonds is 6. The molecule has 0 amide bonds. The van der Waals surface area contributed by atoms with Crippen molar-refractivity contribution < 1.29 is 0 Å². The predicted octanol–water partition coefficient (Wildman–Crippen LogP) is 2.04. The molecule has 3 heteroatoms. The van der Waals surface area contributed by atoms with Crippen LogP contribution in [0.15, 0.2) is 12.5 Å². The van der Waals surface area contributed by atoms with Crippen LogP contribution in [0.25, 0.3) is 0 Å². The second kappa shape index (κ2) is 5.81. The molecule has 0 aliphatic heterocycles. The molecule has 1 N–H and O–H groups in total.